The lowest BCUT2D eigenvalue weighted by Gasteiger charge is -2.27. The Hall–Kier alpha value is -2.11. The molecule has 1 fully saturated rings. The van der Waals surface area contributed by atoms with Crippen LogP contribution in [0.15, 0.2) is 11.8 Å². The summed E-state index contributed by atoms with van der Waals surface area (Å²) in [4.78, 5) is 26.6. The third-order valence-electron chi connectivity index (χ3n) is 2.81. The number of rotatable bonds is 5. The molecule has 1 heterocycles. The topological polar surface area (TPSA) is 109 Å². The van der Waals surface area contributed by atoms with Crippen molar-refractivity contribution < 1.29 is 19.1 Å². The molecule has 0 aromatic heterocycles. The molecule has 0 aliphatic carbocycles. The van der Waals surface area contributed by atoms with Crippen LogP contribution in [-0.4, -0.2) is 67.8 Å². The third kappa shape index (κ3) is 5.06. The average Bonchev–Trinajstić information content (AvgIpc) is 2.51. The number of nitrogens with zero attached hydrogens (tertiary/aromatic N) is 3. The molecule has 0 radical (unpaired) electrons. The van der Waals surface area contributed by atoms with Crippen molar-refractivity contribution in [1.29, 1.82) is 5.26 Å². The molecular formula is C13H20N4O4. The van der Waals surface area contributed by atoms with Gasteiger partial charge in [0.2, 0.25) is 0 Å². The largest absolute Gasteiger partial charge is 0.449 e. The van der Waals surface area contributed by atoms with Gasteiger partial charge in [0.05, 0.1) is 19.8 Å². The molecule has 8 heteroatoms. The minimum Gasteiger partial charge on any atom is -0.449 e. The number of nitriles is 1. The lowest BCUT2D eigenvalue weighted by atomic mass is 10.2. The second-order valence-electron chi connectivity index (χ2n) is 4.24. The van der Waals surface area contributed by atoms with Crippen molar-refractivity contribution in [2.45, 2.75) is 6.92 Å². The quantitative estimate of drug-likeness (QED) is 0.549. The van der Waals surface area contributed by atoms with Crippen LogP contribution in [0, 0.1) is 11.3 Å². The van der Waals surface area contributed by atoms with Gasteiger partial charge in [-0.3, -0.25) is 9.69 Å². The van der Waals surface area contributed by atoms with Gasteiger partial charge < -0.3 is 20.1 Å². The van der Waals surface area contributed by atoms with Gasteiger partial charge in [-0.2, -0.15) is 5.26 Å². The van der Waals surface area contributed by atoms with Gasteiger partial charge in [-0.25, -0.2) is 4.79 Å². The summed E-state index contributed by atoms with van der Waals surface area (Å²) < 4.78 is 10.0. The summed E-state index contributed by atoms with van der Waals surface area (Å²) in [5.41, 5.74) is 5.30. The van der Waals surface area contributed by atoms with E-state index in [9.17, 15) is 9.59 Å². The molecule has 0 aromatic rings. The highest BCUT2D eigenvalue weighted by atomic mass is 16.6. The van der Waals surface area contributed by atoms with Gasteiger partial charge >= 0.3 is 6.09 Å². The second-order valence-corrected chi connectivity index (χ2v) is 4.24. The maximum absolute atomic E-state index is 12.2. The molecule has 1 aliphatic rings. The Morgan fingerprint density at radius 2 is 2.14 bits per heavy atom. The lowest BCUT2D eigenvalue weighted by Crippen LogP contribution is -2.42. The van der Waals surface area contributed by atoms with Crippen molar-refractivity contribution in [3.63, 3.8) is 0 Å². The number of carbonyl (C=O) groups is 2. The third-order valence-corrected chi connectivity index (χ3v) is 2.81. The fraction of sp³-hybridized carbons (Fsp3) is 0.615. The Balaban J connectivity index is 2.85. The highest BCUT2D eigenvalue weighted by Gasteiger charge is 2.22. The van der Waals surface area contributed by atoms with E-state index >= 15 is 0 Å². The number of hydrogen-bond acceptors (Lipinski definition) is 6. The maximum atomic E-state index is 12.2. The van der Waals surface area contributed by atoms with Crippen molar-refractivity contribution in [3.8, 4) is 6.07 Å². The van der Waals surface area contributed by atoms with Crippen LogP contribution in [0.1, 0.15) is 6.92 Å². The molecule has 0 atom stereocenters. The minimum absolute atomic E-state index is 0.126. The van der Waals surface area contributed by atoms with E-state index in [1.54, 1.807) is 6.92 Å². The van der Waals surface area contributed by atoms with E-state index in [0.29, 0.717) is 26.3 Å². The van der Waals surface area contributed by atoms with Gasteiger partial charge in [0.1, 0.15) is 11.6 Å². The number of carbonyl (C=O) groups excluding carboxylic acids is 2. The van der Waals surface area contributed by atoms with E-state index in [1.165, 1.54) is 11.1 Å². The SMILES string of the molecule is CCOC(=O)N(/C=C(/C#N)C(=O)N1CCOCC1)CCN. The molecule has 2 amide bonds. The molecule has 116 valence electrons. The van der Waals surface area contributed by atoms with Crippen molar-refractivity contribution in [2.24, 2.45) is 5.73 Å². The zero-order valence-corrected chi connectivity index (χ0v) is 12.1. The monoisotopic (exact) mass is 296 g/mol. The van der Waals surface area contributed by atoms with E-state index < -0.39 is 12.0 Å². The Morgan fingerprint density at radius 3 is 2.67 bits per heavy atom. The first-order valence-electron chi connectivity index (χ1n) is 6.76. The molecule has 1 aliphatic heterocycles. The zero-order chi connectivity index (χ0) is 15.7. The standard InChI is InChI=1S/C13H20N4O4/c1-2-21-13(19)17(4-3-14)10-11(9-15)12(18)16-5-7-20-8-6-16/h10H,2-8,14H2,1H3/b11-10-. The number of morpholine rings is 1. The molecule has 1 rings (SSSR count). The van der Waals surface area contributed by atoms with Gasteiger partial charge in [-0.05, 0) is 6.92 Å². The summed E-state index contributed by atoms with van der Waals surface area (Å²) in [6.45, 7) is 3.96. The van der Waals surface area contributed by atoms with E-state index in [0.717, 1.165) is 4.90 Å². The Labute approximate surface area is 123 Å². The summed E-state index contributed by atoms with van der Waals surface area (Å²) in [6.07, 6.45) is 0.563. The summed E-state index contributed by atoms with van der Waals surface area (Å²) in [7, 11) is 0. The summed E-state index contributed by atoms with van der Waals surface area (Å²) in [5.74, 6) is -0.424. The first kappa shape index (κ1) is 16.9. The Morgan fingerprint density at radius 1 is 1.48 bits per heavy atom. The lowest BCUT2D eigenvalue weighted by molar-refractivity contribution is -0.130. The molecule has 0 saturated carbocycles. The predicted molar refractivity (Wildman–Crippen MR) is 73.9 cm³/mol. The molecule has 0 bridgehead atoms. The van der Waals surface area contributed by atoms with Gasteiger partial charge in [-0.15, -0.1) is 0 Å². The zero-order valence-electron chi connectivity index (χ0n) is 12.1. The van der Waals surface area contributed by atoms with E-state index in [2.05, 4.69) is 0 Å². The van der Waals surface area contributed by atoms with E-state index in [1.807, 2.05) is 6.07 Å². The number of hydrogen-bond donors (Lipinski definition) is 1. The van der Waals surface area contributed by atoms with Crippen molar-refractivity contribution in [1.82, 2.24) is 9.80 Å². The Kier molecular flexibility index (Phi) is 7.21. The fourth-order valence-electron chi connectivity index (χ4n) is 1.78. The molecule has 8 nitrogen and oxygen atoms in total. The number of ether oxygens (including phenoxy) is 2. The molecule has 0 spiro atoms. The van der Waals surface area contributed by atoms with Crippen LogP contribution in [0.3, 0.4) is 0 Å². The smallest absolute Gasteiger partial charge is 0.413 e. The van der Waals surface area contributed by atoms with E-state index in [4.69, 9.17) is 20.5 Å². The first-order chi connectivity index (χ1) is 10.1. The van der Waals surface area contributed by atoms with Crippen LogP contribution >= 0.6 is 0 Å². The molecule has 2 N–H and O–H groups in total. The van der Waals surface area contributed by atoms with Crippen LogP contribution in [0.5, 0.6) is 0 Å². The van der Waals surface area contributed by atoms with Gasteiger partial charge in [-0.1, -0.05) is 0 Å². The van der Waals surface area contributed by atoms with Crippen LogP contribution in [-0.2, 0) is 14.3 Å². The molecular weight excluding hydrogens is 276 g/mol. The highest BCUT2D eigenvalue weighted by molar-refractivity contribution is 5.97. The Bertz CT molecular complexity index is 438. The predicted octanol–water partition coefficient (Wildman–Crippen LogP) is -0.330. The van der Waals surface area contributed by atoms with Gasteiger partial charge in [0.25, 0.3) is 5.91 Å². The number of nitrogens with two attached hydrogens (primary N) is 1. The first-order valence-corrected chi connectivity index (χ1v) is 6.76. The second kappa shape index (κ2) is 8.94. The molecule has 21 heavy (non-hydrogen) atoms. The van der Waals surface area contributed by atoms with Crippen LogP contribution in [0.25, 0.3) is 0 Å². The van der Waals surface area contributed by atoms with Gasteiger partial charge in [0, 0.05) is 32.4 Å². The normalized spacial score (nSPS) is 15.3. The maximum Gasteiger partial charge on any atom is 0.413 e. The molecule has 1 saturated heterocycles. The van der Waals surface area contributed by atoms with Gasteiger partial charge in [0.15, 0.2) is 0 Å². The van der Waals surface area contributed by atoms with Crippen LogP contribution < -0.4 is 5.73 Å². The minimum atomic E-state index is -0.634. The van der Waals surface area contributed by atoms with Crippen LogP contribution in [0.2, 0.25) is 0 Å². The summed E-state index contributed by atoms with van der Waals surface area (Å²) in [5, 5.41) is 9.15. The van der Waals surface area contributed by atoms with E-state index in [-0.39, 0.29) is 25.3 Å². The fourth-order valence-corrected chi connectivity index (χ4v) is 1.78. The molecule has 0 unspecified atom stereocenters. The van der Waals surface area contributed by atoms with Crippen molar-refractivity contribution in [3.05, 3.63) is 11.8 Å². The summed E-state index contributed by atoms with van der Waals surface area (Å²) >= 11 is 0. The highest BCUT2D eigenvalue weighted by Crippen LogP contribution is 2.07. The summed E-state index contributed by atoms with van der Waals surface area (Å²) in [6, 6.07) is 1.82. The van der Waals surface area contributed by atoms with Crippen LogP contribution in [0.4, 0.5) is 4.79 Å². The van der Waals surface area contributed by atoms with Crippen molar-refractivity contribution in [2.75, 3.05) is 46.0 Å². The average molecular weight is 296 g/mol. The number of amides is 2. The van der Waals surface area contributed by atoms with Crippen molar-refractivity contribution >= 4 is 12.0 Å². The molecule has 0 aromatic carbocycles.